The highest BCUT2D eigenvalue weighted by atomic mass is 16.7. The molecule has 5 rings (SSSR count). The summed E-state index contributed by atoms with van der Waals surface area (Å²) in [5.41, 5.74) is 2.59. The Hall–Kier alpha value is -3.17. The number of aliphatic hydroxyl groups excluding tert-OH is 1. The van der Waals surface area contributed by atoms with Crippen LogP contribution in [0.2, 0.25) is 0 Å². The third-order valence-electron chi connectivity index (χ3n) is 6.88. The number of esters is 1. The van der Waals surface area contributed by atoms with E-state index in [1.165, 1.54) is 21.1 Å². The number of ether oxygens (including phenoxy) is 5. The molecule has 0 aromatic heterocycles. The molecule has 9 heteroatoms. The van der Waals surface area contributed by atoms with Gasteiger partial charge in [-0.05, 0) is 17.7 Å². The van der Waals surface area contributed by atoms with E-state index >= 15 is 0 Å². The van der Waals surface area contributed by atoms with E-state index in [0.717, 1.165) is 5.56 Å². The molecule has 0 aliphatic carbocycles. The lowest BCUT2D eigenvalue weighted by molar-refractivity contribution is -0.996. The lowest BCUT2D eigenvalue weighted by Gasteiger charge is -2.53. The Balaban J connectivity index is 1.79. The standard InChI is InChI=1S/C23H25NO8/c1-11(25)32-20-13-5-6-14(28-3)21(29-4)17(13)23(27)24(2)8-7-12-9-15-22(31-10-30-15)19(26)16(12)18(20)24/h5-6,9,18,20,23,27H,7-8,10H2,1-4H3/p+1/t18-,20+,23?,24?/m1/s1. The number of aliphatic hydroxyl groups is 1. The molecule has 3 aliphatic heterocycles. The van der Waals surface area contributed by atoms with Gasteiger partial charge in [-0.1, -0.05) is 6.07 Å². The third-order valence-corrected chi connectivity index (χ3v) is 6.88. The van der Waals surface area contributed by atoms with Gasteiger partial charge in [-0.2, -0.15) is 0 Å². The molecule has 170 valence electrons. The molecule has 9 nitrogen and oxygen atoms in total. The zero-order valence-electron chi connectivity index (χ0n) is 18.4. The molecule has 0 amide bonds. The molecule has 0 spiro atoms. The van der Waals surface area contributed by atoms with Crippen molar-refractivity contribution in [1.82, 2.24) is 0 Å². The van der Waals surface area contributed by atoms with E-state index in [-0.39, 0.29) is 22.8 Å². The first-order valence-electron chi connectivity index (χ1n) is 10.4. The summed E-state index contributed by atoms with van der Waals surface area (Å²) >= 11 is 0. The van der Waals surface area contributed by atoms with Gasteiger partial charge >= 0.3 is 5.97 Å². The second-order valence-corrected chi connectivity index (χ2v) is 8.50. The fourth-order valence-electron chi connectivity index (χ4n) is 5.41. The van der Waals surface area contributed by atoms with Crippen LogP contribution in [0.15, 0.2) is 18.2 Å². The van der Waals surface area contributed by atoms with Crippen molar-refractivity contribution in [2.75, 3.05) is 34.6 Å². The SMILES string of the molecule is COc1ccc2c(c1OC)C(O)[N+]1(C)CCc3cc4c(c(O)c3[C@@H]1[C@H]2OC(C)=O)OCO4. The van der Waals surface area contributed by atoms with Gasteiger partial charge in [-0.3, -0.25) is 9.28 Å². The minimum atomic E-state index is -1.01. The van der Waals surface area contributed by atoms with Gasteiger partial charge in [0.25, 0.3) is 0 Å². The summed E-state index contributed by atoms with van der Waals surface area (Å²) in [6, 6.07) is 4.79. The molecule has 2 N–H and O–H groups in total. The zero-order chi connectivity index (χ0) is 22.8. The smallest absolute Gasteiger partial charge is 0.303 e. The number of quaternary nitrogens is 1. The lowest BCUT2D eigenvalue weighted by Crippen LogP contribution is -2.58. The van der Waals surface area contributed by atoms with Crippen LogP contribution in [-0.4, -0.2) is 55.3 Å². The van der Waals surface area contributed by atoms with Crippen LogP contribution in [0.4, 0.5) is 0 Å². The number of carbonyl (C=O) groups is 1. The Morgan fingerprint density at radius 2 is 1.97 bits per heavy atom. The van der Waals surface area contributed by atoms with Crippen molar-refractivity contribution in [1.29, 1.82) is 0 Å². The van der Waals surface area contributed by atoms with E-state index < -0.39 is 24.3 Å². The quantitative estimate of drug-likeness (QED) is 0.550. The first-order valence-corrected chi connectivity index (χ1v) is 10.4. The van der Waals surface area contributed by atoms with Crippen LogP contribution >= 0.6 is 0 Å². The number of aromatic hydroxyl groups is 1. The number of hydrogen-bond acceptors (Lipinski definition) is 8. The summed E-state index contributed by atoms with van der Waals surface area (Å²) in [5.74, 6) is 1.12. The fourth-order valence-corrected chi connectivity index (χ4v) is 5.41. The van der Waals surface area contributed by atoms with Crippen molar-refractivity contribution >= 4 is 5.97 Å². The van der Waals surface area contributed by atoms with Crippen LogP contribution in [0.25, 0.3) is 0 Å². The van der Waals surface area contributed by atoms with Gasteiger partial charge in [0, 0.05) is 18.9 Å². The monoisotopic (exact) mass is 444 g/mol. The van der Waals surface area contributed by atoms with Crippen molar-refractivity contribution in [3.63, 3.8) is 0 Å². The number of methoxy groups -OCH3 is 2. The number of benzene rings is 2. The average Bonchev–Trinajstić information content (AvgIpc) is 3.25. The molecule has 0 saturated carbocycles. The van der Waals surface area contributed by atoms with Crippen LogP contribution in [0.3, 0.4) is 0 Å². The number of rotatable bonds is 3. The number of likely N-dealkylation sites (N-methyl/N-ethyl adjacent to an activating group) is 1. The molecule has 0 radical (unpaired) electrons. The second-order valence-electron chi connectivity index (χ2n) is 8.50. The molecule has 0 saturated heterocycles. The van der Waals surface area contributed by atoms with Gasteiger partial charge < -0.3 is 33.9 Å². The zero-order valence-corrected chi connectivity index (χ0v) is 18.4. The molecule has 2 aromatic carbocycles. The highest BCUT2D eigenvalue weighted by molar-refractivity contribution is 5.68. The van der Waals surface area contributed by atoms with Crippen molar-refractivity contribution in [3.05, 3.63) is 40.5 Å². The highest BCUT2D eigenvalue weighted by Crippen LogP contribution is 2.61. The maximum atomic E-state index is 12.2. The Morgan fingerprint density at radius 3 is 2.66 bits per heavy atom. The van der Waals surface area contributed by atoms with E-state index in [2.05, 4.69) is 0 Å². The first-order chi connectivity index (χ1) is 15.3. The number of phenols is 1. The van der Waals surface area contributed by atoms with Gasteiger partial charge in [0.05, 0.1) is 38.9 Å². The fraction of sp³-hybridized carbons (Fsp3) is 0.435. The Labute approximate surface area is 185 Å². The predicted octanol–water partition coefficient (Wildman–Crippen LogP) is 2.49. The summed E-state index contributed by atoms with van der Waals surface area (Å²) in [4.78, 5) is 12.2. The number of carbonyl (C=O) groups excluding carboxylic acids is 1. The molecule has 2 aromatic rings. The Bertz CT molecular complexity index is 1120. The van der Waals surface area contributed by atoms with E-state index in [0.29, 0.717) is 46.9 Å². The van der Waals surface area contributed by atoms with Crippen molar-refractivity contribution in [2.24, 2.45) is 0 Å². The van der Waals surface area contributed by atoms with Gasteiger partial charge in [0.15, 0.2) is 35.1 Å². The van der Waals surface area contributed by atoms with E-state index in [9.17, 15) is 15.0 Å². The van der Waals surface area contributed by atoms with Crippen LogP contribution in [-0.2, 0) is 16.0 Å². The Morgan fingerprint density at radius 1 is 1.19 bits per heavy atom. The minimum absolute atomic E-state index is 0.0262. The summed E-state index contributed by atoms with van der Waals surface area (Å²) in [6.07, 6.45) is -1.20. The maximum Gasteiger partial charge on any atom is 0.303 e. The topological polar surface area (TPSA) is 104 Å². The van der Waals surface area contributed by atoms with Crippen molar-refractivity contribution in [3.8, 4) is 28.7 Å². The van der Waals surface area contributed by atoms with Crippen molar-refractivity contribution in [2.45, 2.75) is 31.7 Å². The molecule has 0 fully saturated rings. The summed E-state index contributed by atoms with van der Waals surface area (Å²) in [5, 5.41) is 22.9. The average molecular weight is 444 g/mol. The number of hydrogen-bond donors (Lipinski definition) is 2. The van der Waals surface area contributed by atoms with Crippen LogP contribution in [0, 0.1) is 0 Å². The van der Waals surface area contributed by atoms with Crippen LogP contribution < -0.4 is 18.9 Å². The van der Waals surface area contributed by atoms with E-state index in [1.807, 2.05) is 13.1 Å². The normalized spacial score (nSPS) is 27.1. The lowest BCUT2D eigenvalue weighted by atomic mass is 9.78. The maximum absolute atomic E-state index is 12.2. The molecular formula is C23H26NO8+. The molecule has 32 heavy (non-hydrogen) atoms. The molecular weight excluding hydrogens is 418 g/mol. The van der Waals surface area contributed by atoms with Crippen molar-refractivity contribution < 1.29 is 43.2 Å². The molecule has 2 unspecified atom stereocenters. The second kappa shape index (κ2) is 7.18. The Kier molecular flexibility index (Phi) is 4.65. The summed E-state index contributed by atoms with van der Waals surface area (Å²) < 4.78 is 28.0. The molecule has 3 aliphatic rings. The predicted molar refractivity (Wildman–Crippen MR) is 111 cm³/mol. The summed E-state index contributed by atoms with van der Waals surface area (Å²) in [6.45, 7) is 1.91. The molecule has 0 bridgehead atoms. The van der Waals surface area contributed by atoms with Gasteiger partial charge in [0.2, 0.25) is 18.8 Å². The number of nitrogens with zero attached hydrogens (tertiary/aromatic N) is 1. The highest BCUT2D eigenvalue weighted by Gasteiger charge is 2.58. The van der Waals surface area contributed by atoms with Gasteiger partial charge in [-0.15, -0.1) is 0 Å². The van der Waals surface area contributed by atoms with Gasteiger partial charge in [0.1, 0.15) is 0 Å². The largest absolute Gasteiger partial charge is 0.504 e. The van der Waals surface area contributed by atoms with E-state index in [1.54, 1.807) is 12.1 Å². The van der Waals surface area contributed by atoms with Crippen LogP contribution in [0.1, 0.15) is 47.6 Å². The summed E-state index contributed by atoms with van der Waals surface area (Å²) in [7, 11) is 4.93. The van der Waals surface area contributed by atoms with Gasteiger partial charge in [-0.25, -0.2) is 0 Å². The third kappa shape index (κ3) is 2.67. The van der Waals surface area contributed by atoms with E-state index in [4.69, 9.17) is 23.7 Å². The van der Waals surface area contributed by atoms with Crippen LogP contribution in [0.5, 0.6) is 28.7 Å². The molecule has 4 atom stereocenters. The minimum Gasteiger partial charge on any atom is -0.504 e. The first kappa shape index (κ1) is 20.7. The molecule has 3 heterocycles. The number of fused-ring (bicyclic) bond motifs is 5. The number of phenolic OH excluding ortho intramolecular Hbond substituents is 1.